The van der Waals surface area contributed by atoms with Crippen molar-refractivity contribution in [3.05, 3.63) is 58.5 Å². The Kier molecular flexibility index (Phi) is 9.35. The molecular formula is C25H29N3O7S2. The summed E-state index contributed by atoms with van der Waals surface area (Å²) in [4.78, 5) is 39.1. The molecule has 37 heavy (non-hydrogen) atoms. The molecule has 2 aromatic rings. The monoisotopic (exact) mass is 547 g/mol. The first kappa shape index (κ1) is 28.2. The molecule has 0 atom stereocenters. The number of amides is 3. The highest BCUT2D eigenvalue weighted by Crippen LogP contribution is 2.34. The lowest BCUT2D eigenvalue weighted by Crippen LogP contribution is -2.37. The molecule has 2 aromatic carbocycles. The first-order valence-electron chi connectivity index (χ1n) is 11.5. The number of thioether (sulfide) groups is 1. The average Bonchev–Trinajstić information content (AvgIpc) is 3.16. The molecule has 3 rings (SSSR count). The van der Waals surface area contributed by atoms with Crippen LogP contribution in [-0.4, -0.2) is 75.1 Å². The van der Waals surface area contributed by atoms with E-state index in [4.69, 9.17) is 9.47 Å². The van der Waals surface area contributed by atoms with Gasteiger partial charge in [0.25, 0.3) is 17.1 Å². The van der Waals surface area contributed by atoms with E-state index >= 15 is 0 Å². The number of benzene rings is 2. The third kappa shape index (κ3) is 6.32. The summed E-state index contributed by atoms with van der Waals surface area (Å²) in [5.74, 6) is 0.144. The van der Waals surface area contributed by atoms with E-state index in [-0.39, 0.29) is 28.5 Å². The van der Waals surface area contributed by atoms with Crippen molar-refractivity contribution < 1.29 is 32.3 Å². The van der Waals surface area contributed by atoms with Crippen molar-refractivity contribution in [2.24, 2.45) is 0 Å². The summed E-state index contributed by atoms with van der Waals surface area (Å²) in [6.07, 6.45) is 1.60. The molecule has 1 aliphatic heterocycles. The van der Waals surface area contributed by atoms with Crippen molar-refractivity contribution in [2.75, 3.05) is 40.4 Å². The third-order valence-corrected chi connectivity index (χ3v) is 8.63. The van der Waals surface area contributed by atoms with Crippen molar-refractivity contribution in [1.82, 2.24) is 14.5 Å². The van der Waals surface area contributed by atoms with E-state index in [2.05, 4.69) is 5.32 Å². The molecule has 0 aliphatic carbocycles. The number of hydrogen-bond acceptors (Lipinski definition) is 8. The first-order chi connectivity index (χ1) is 17.7. The normalized spacial score (nSPS) is 14.9. The highest BCUT2D eigenvalue weighted by atomic mass is 32.2. The van der Waals surface area contributed by atoms with E-state index in [0.29, 0.717) is 30.2 Å². The lowest BCUT2D eigenvalue weighted by atomic mass is 10.2. The summed E-state index contributed by atoms with van der Waals surface area (Å²) < 4.78 is 37.0. The molecule has 1 aliphatic rings. The van der Waals surface area contributed by atoms with E-state index in [1.165, 1.54) is 42.8 Å². The van der Waals surface area contributed by atoms with Gasteiger partial charge in [-0.2, -0.15) is 4.31 Å². The molecule has 0 unspecified atom stereocenters. The van der Waals surface area contributed by atoms with Crippen molar-refractivity contribution >= 4 is 44.9 Å². The Bertz CT molecular complexity index is 1300. The number of nitrogens with one attached hydrogen (secondary N) is 1. The maximum Gasteiger partial charge on any atom is 0.293 e. The predicted octanol–water partition coefficient (Wildman–Crippen LogP) is 3.20. The molecule has 1 saturated heterocycles. The van der Waals surface area contributed by atoms with Gasteiger partial charge in [-0.1, -0.05) is 19.9 Å². The van der Waals surface area contributed by atoms with E-state index in [0.717, 1.165) is 16.7 Å². The van der Waals surface area contributed by atoms with Gasteiger partial charge in [-0.15, -0.1) is 0 Å². The molecule has 12 heteroatoms. The molecule has 10 nitrogen and oxygen atoms in total. The van der Waals surface area contributed by atoms with Crippen LogP contribution in [0.3, 0.4) is 0 Å². The number of carbonyl (C=O) groups is 3. The van der Waals surface area contributed by atoms with Crippen LogP contribution in [0, 0.1) is 0 Å². The van der Waals surface area contributed by atoms with Gasteiger partial charge in [0.2, 0.25) is 10.0 Å². The summed E-state index contributed by atoms with van der Waals surface area (Å²) in [6.45, 7) is 4.24. The summed E-state index contributed by atoms with van der Waals surface area (Å²) in [6, 6.07) is 10.8. The largest absolute Gasteiger partial charge is 0.493 e. The minimum absolute atomic E-state index is 0.00585. The predicted molar refractivity (Wildman–Crippen MR) is 141 cm³/mol. The molecule has 0 aromatic heterocycles. The highest BCUT2D eigenvalue weighted by Gasteiger charge is 2.34. The zero-order chi connectivity index (χ0) is 27.2. The molecule has 0 bridgehead atoms. The fourth-order valence-electron chi connectivity index (χ4n) is 3.66. The van der Waals surface area contributed by atoms with Crippen LogP contribution < -0.4 is 14.8 Å². The molecule has 3 amide bonds. The molecule has 0 spiro atoms. The van der Waals surface area contributed by atoms with Crippen LogP contribution in [0.2, 0.25) is 0 Å². The Morgan fingerprint density at radius 1 is 1.03 bits per heavy atom. The van der Waals surface area contributed by atoms with Crippen LogP contribution in [0.5, 0.6) is 11.5 Å². The van der Waals surface area contributed by atoms with Crippen LogP contribution in [0.1, 0.15) is 29.8 Å². The van der Waals surface area contributed by atoms with Gasteiger partial charge in [-0.3, -0.25) is 19.3 Å². The number of ether oxygens (including phenoxy) is 2. The lowest BCUT2D eigenvalue weighted by molar-refractivity contribution is -0.122. The van der Waals surface area contributed by atoms with Crippen LogP contribution in [0.4, 0.5) is 4.79 Å². The first-order valence-corrected chi connectivity index (χ1v) is 13.8. The quantitative estimate of drug-likeness (QED) is 0.426. The number of imide groups is 1. The Morgan fingerprint density at radius 2 is 1.68 bits per heavy atom. The third-order valence-electron chi connectivity index (χ3n) is 5.66. The van der Waals surface area contributed by atoms with Crippen molar-refractivity contribution in [1.29, 1.82) is 0 Å². The number of methoxy groups -OCH3 is 2. The molecule has 0 radical (unpaired) electrons. The Labute approximate surface area is 220 Å². The van der Waals surface area contributed by atoms with Gasteiger partial charge in [0.15, 0.2) is 11.5 Å². The molecule has 1 heterocycles. The topological polar surface area (TPSA) is 122 Å². The minimum atomic E-state index is -3.62. The van der Waals surface area contributed by atoms with Gasteiger partial charge >= 0.3 is 0 Å². The van der Waals surface area contributed by atoms with E-state index < -0.39 is 27.1 Å². The number of sulfonamides is 1. The number of carbonyl (C=O) groups excluding carboxylic acids is 3. The average molecular weight is 548 g/mol. The zero-order valence-electron chi connectivity index (χ0n) is 21.0. The Balaban J connectivity index is 1.60. The van der Waals surface area contributed by atoms with Crippen LogP contribution >= 0.6 is 11.8 Å². The maximum atomic E-state index is 12.8. The maximum absolute atomic E-state index is 12.8. The summed E-state index contributed by atoms with van der Waals surface area (Å²) in [7, 11) is -0.592. The van der Waals surface area contributed by atoms with Gasteiger partial charge in [0, 0.05) is 31.7 Å². The molecule has 1 fully saturated rings. The number of rotatable bonds is 11. The fraction of sp³-hybridized carbons (Fsp3) is 0.320. The summed E-state index contributed by atoms with van der Waals surface area (Å²) in [5.41, 5.74) is 0.934. The van der Waals surface area contributed by atoms with Gasteiger partial charge in [-0.05, 0) is 59.8 Å². The SMILES string of the molecule is CCN(CC)S(=O)(=O)c1ccc(C(=O)NCCN2C(=O)S/C(=C\c3ccc(OC)c(OC)c3)C2=O)cc1. The second kappa shape index (κ2) is 12.3. The van der Waals surface area contributed by atoms with E-state index in [1.807, 2.05) is 0 Å². The second-order valence-electron chi connectivity index (χ2n) is 7.82. The van der Waals surface area contributed by atoms with E-state index in [9.17, 15) is 22.8 Å². The number of nitrogens with zero attached hydrogens (tertiary/aromatic N) is 2. The Morgan fingerprint density at radius 3 is 2.27 bits per heavy atom. The fourth-order valence-corrected chi connectivity index (χ4v) is 5.98. The minimum Gasteiger partial charge on any atom is -0.493 e. The molecule has 0 saturated carbocycles. The van der Waals surface area contributed by atoms with Crippen molar-refractivity contribution in [3.8, 4) is 11.5 Å². The summed E-state index contributed by atoms with van der Waals surface area (Å²) in [5, 5.41) is 2.23. The molecular weight excluding hydrogens is 518 g/mol. The molecule has 198 valence electrons. The highest BCUT2D eigenvalue weighted by molar-refractivity contribution is 8.18. The Hall–Kier alpha value is -3.35. The van der Waals surface area contributed by atoms with Crippen LogP contribution in [0.25, 0.3) is 6.08 Å². The van der Waals surface area contributed by atoms with Crippen molar-refractivity contribution in [2.45, 2.75) is 18.7 Å². The smallest absolute Gasteiger partial charge is 0.293 e. The van der Waals surface area contributed by atoms with Crippen molar-refractivity contribution in [3.63, 3.8) is 0 Å². The standard InChI is InChI=1S/C25H29N3O7S2/c1-5-27(6-2)37(32,33)19-10-8-18(9-11-19)23(29)26-13-14-28-24(30)22(36-25(28)31)16-17-7-12-20(34-3)21(15-17)35-4/h7-12,15-16H,5-6,13-14H2,1-4H3,(H,26,29)/b22-16-. The van der Waals surface area contributed by atoms with Gasteiger partial charge in [-0.25, -0.2) is 8.42 Å². The van der Waals surface area contributed by atoms with Gasteiger partial charge in [0.1, 0.15) is 0 Å². The van der Waals surface area contributed by atoms with Crippen LogP contribution in [0.15, 0.2) is 52.3 Å². The van der Waals surface area contributed by atoms with Gasteiger partial charge < -0.3 is 14.8 Å². The zero-order valence-corrected chi connectivity index (χ0v) is 22.6. The summed E-state index contributed by atoms with van der Waals surface area (Å²) >= 11 is 0.818. The second-order valence-corrected chi connectivity index (χ2v) is 10.7. The lowest BCUT2D eigenvalue weighted by Gasteiger charge is -2.18. The van der Waals surface area contributed by atoms with E-state index in [1.54, 1.807) is 38.1 Å². The van der Waals surface area contributed by atoms with Gasteiger partial charge in [0.05, 0.1) is 24.0 Å². The molecule has 1 N–H and O–H groups in total. The number of hydrogen-bond donors (Lipinski definition) is 1. The van der Waals surface area contributed by atoms with Crippen LogP contribution in [-0.2, 0) is 14.8 Å².